The SMILES string of the molecule is CCc1cccc2sc(N(Cc3ccccn3)C(=O)c3ccc(C(C)(C)C)cc3)nc12. The van der Waals surface area contributed by atoms with E-state index in [9.17, 15) is 4.79 Å². The van der Waals surface area contributed by atoms with Crippen molar-refractivity contribution in [3.05, 3.63) is 89.2 Å². The van der Waals surface area contributed by atoms with Crippen LogP contribution >= 0.6 is 11.3 Å². The van der Waals surface area contributed by atoms with Gasteiger partial charge in [0.1, 0.15) is 0 Å². The molecule has 2 heterocycles. The molecule has 0 aliphatic heterocycles. The Hall–Kier alpha value is -3.05. The van der Waals surface area contributed by atoms with Gasteiger partial charge < -0.3 is 0 Å². The average molecular weight is 430 g/mol. The molecular formula is C26H27N3OS. The maximum absolute atomic E-state index is 13.6. The standard InChI is InChI=1S/C26H27N3OS/c1-5-18-9-8-11-22-23(18)28-25(31-22)29(17-21-10-6-7-16-27-21)24(30)19-12-14-20(15-13-19)26(2,3)4/h6-16H,5,17H2,1-4H3. The Morgan fingerprint density at radius 1 is 1.00 bits per heavy atom. The molecule has 1 amide bonds. The summed E-state index contributed by atoms with van der Waals surface area (Å²) < 4.78 is 1.09. The first-order chi connectivity index (χ1) is 14.9. The summed E-state index contributed by atoms with van der Waals surface area (Å²) in [5.74, 6) is -0.0665. The van der Waals surface area contributed by atoms with Crippen molar-refractivity contribution >= 4 is 32.6 Å². The van der Waals surface area contributed by atoms with Crippen molar-refractivity contribution in [2.24, 2.45) is 0 Å². The average Bonchev–Trinajstić information content (AvgIpc) is 3.21. The number of hydrogen-bond donors (Lipinski definition) is 0. The van der Waals surface area contributed by atoms with Crippen molar-refractivity contribution in [1.82, 2.24) is 9.97 Å². The predicted molar refractivity (Wildman–Crippen MR) is 129 cm³/mol. The quantitative estimate of drug-likeness (QED) is 0.369. The minimum atomic E-state index is -0.0665. The van der Waals surface area contributed by atoms with Crippen LogP contribution in [0.15, 0.2) is 66.9 Å². The number of fused-ring (bicyclic) bond motifs is 1. The molecular weight excluding hydrogens is 402 g/mol. The van der Waals surface area contributed by atoms with Gasteiger partial charge in [0.2, 0.25) is 0 Å². The van der Waals surface area contributed by atoms with Crippen molar-refractivity contribution in [2.75, 3.05) is 4.90 Å². The van der Waals surface area contributed by atoms with E-state index in [4.69, 9.17) is 4.98 Å². The summed E-state index contributed by atoms with van der Waals surface area (Å²) in [4.78, 5) is 24.7. The maximum atomic E-state index is 13.6. The van der Waals surface area contributed by atoms with Crippen molar-refractivity contribution in [2.45, 2.75) is 46.1 Å². The lowest BCUT2D eigenvalue weighted by atomic mass is 9.86. The summed E-state index contributed by atoms with van der Waals surface area (Å²) in [6.45, 7) is 9.01. The van der Waals surface area contributed by atoms with E-state index < -0.39 is 0 Å². The lowest BCUT2D eigenvalue weighted by Gasteiger charge is -2.22. The second kappa shape index (κ2) is 8.60. The zero-order chi connectivity index (χ0) is 22.0. The molecule has 0 aliphatic carbocycles. The van der Waals surface area contributed by atoms with E-state index in [0.29, 0.717) is 17.2 Å². The topological polar surface area (TPSA) is 46.1 Å². The maximum Gasteiger partial charge on any atom is 0.260 e. The van der Waals surface area contributed by atoms with Crippen LogP contribution in [0.4, 0.5) is 5.13 Å². The number of nitrogens with zero attached hydrogens (tertiary/aromatic N) is 3. The van der Waals surface area contributed by atoms with E-state index in [1.54, 1.807) is 22.4 Å². The molecule has 158 valence electrons. The monoisotopic (exact) mass is 429 g/mol. The number of amides is 1. The van der Waals surface area contributed by atoms with Gasteiger partial charge in [0.25, 0.3) is 5.91 Å². The first-order valence-corrected chi connectivity index (χ1v) is 11.4. The van der Waals surface area contributed by atoms with Gasteiger partial charge in [-0.3, -0.25) is 14.7 Å². The van der Waals surface area contributed by atoms with Crippen LogP contribution in [0.5, 0.6) is 0 Å². The van der Waals surface area contributed by atoms with Crippen LogP contribution in [0, 0.1) is 0 Å². The number of carbonyl (C=O) groups is 1. The number of carbonyl (C=O) groups excluding carboxylic acids is 1. The summed E-state index contributed by atoms with van der Waals surface area (Å²) >= 11 is 1.55. The van der Waals surface area contributed by atoms with Gasteiger partial charge in [0.05, 0.1) is 22.5 Å². The Bertz CT molecular complexity index is 1190. The Labute approximate surface area is 187 Å². The summed E-state index contributed by atoms with van der Waals surface area (Å²) in [5.41, 5.74) is 4.90. The van der Waals surface area contributed by atoms with Gasteiger partial charge in [-0.25, -0.2) is 4.98 Å². The van der Waals surface area contributed by atoms with Gasteiger partial charge >= 0.3 is 0 Å². The van der Waals surface area contributed by atoms with E-state index in [-0.39, 0.29) is 11.3 Å². The number of pyridine rings is 1. The number of aryl methyl sites for hydroxylation is 1. The molecule has 31 heavy (non-hydrogen) atoms. The highest BCUT2D eigenvalue weighted by Gasteiger charge is 2.23. The van der Waals surface area contributed by atoms with Crippen molar-refractivity contribution in [1.29, 1.82) is 0 Å². The molecule has 0 atom stereocenters. The van der Waals surface area contributed by atoms with E-state index in [2.05, 4.69) is 50.9 Å². The van der Waals surface area contributed by atoms with E-state index in [1.807, 2.05) is 42.5 Å². The highest BCUT2D eigenvalue weighted by atomic mass is 32.1. The molecule has 0 saturated heterocycles. The van der Waals surface area contributed by atoms with Gasteiger partial charge in [0.15, 0.2) is 5.13 Å². The summed E-state index contributed by atoms with van der Waals surface area (Å²) in [6, 6.07) is 19.9. The second-order valence-electron chi connectivity index (χ2n) is 8.65. The third-order valence-corrected chi connectivity index (χ3v) is 6.44. The minimum Gasteiger partial charge on any atom is -0.278 e. The normalized spacial score (nSPS) is 11.6. The van der Waals surface area contributed by atoms with Crippen molar-refractivity contribution in [3.63, 3.8) is 0 Å². The van der Waals surface area contributed by atoms with Gasteiger partial charge in [0, 0.05) is 11.8 Å². The molecule has 4 aromatic rings. The molecule has 0 aliphatic rings. The number of hydrogen-bond acceptors (Lipinski definition) is 4. The molecule has 2 aromatic carbocycles. The lowest BCUT2D eigenvalue weighted by Crippen LogP contribution is -2.30. The number of benzene rings is 2. The molecule has 2 aromatic heterocycles. The van der Waals surface area contributed by atoms with Crippen LogP contribution in [0.25, 0.3) is 10.2 Å². The number of aromatic nitrogens is 2. The smallest absolute Gasteiger partial charge is 0.260 e. The number of thiazole rings is 1. The highest BCUT2D eigenvalue weighted by molar-refractivity contribution is 7.22. The highest BCUT2D eigenvalue weighted by Crippen LogP contribution is 2.33. The van der Waals surface area contributed by atoms with Gasteiger partial charge in [-0.2, -0.15) is 0 Å². The molecule has 0 unspecified atom stereocenters. The molecule has 0 bridgehead atoms. The Kier molecular flexibility index (Phi) is 5.88. The van der Waals surface area contributed by atoms with Gasteiger partial charge in [-0.15, -0.1) is 0 Å². The fraction of sp³-hybridized carbons (Fsp3) is 0.269. The third-order valence-electron chi connectivity index (χ3n) is 5.39. The van der Waals surface area contributed by atoms with Crippen LogP contribution in [0.3, 0.4) is 0 Å². The largest absolute Gasteiger partial charge is 0.278 e. The number of anilines is 1. The summed E-state index contributed by atoms with van der Waals surface area (Å²) in [6.07, 6.45) is 2.66. The van der Waals surface area contributed by atoms with Gasteiger partial charge in [-0.05, 0) is 53.3 Å². The van der Waals surface area contributed by atoms with Crippen molar-refractivity contribution < 1.29 is 4.79 Å². The molecule has 0 spiro atoms. The number of rotatable bonds is 5. The molecule has 0 radical (unpaired) electrons. The Morgan fingerprint density at radius 3 is 2.42 bits per heavy atom. The van der Waals surface area contributed by atoms with Gasteiger partial charge in [-0.1, -0.05) is 69.4 Å². The molecule has 4 rings (SSSR count). The summed E-state index contributed by atoms with van der Waals surface area (Å²) in [7, 11) is 0. The molecule has 0 saturated carbocycles. The van der Waals surface area contributed by atoms with Crippen LogP contribution in [0.2, 0.25) is 0 Å². The zero-order valence-electron chi connectivity index (χ0n) is 18.4. The first kappa shape index (κ1) is 21.2. The van der Waals surface area contributed by atoms with Crippen molar-refractivity contribution in [3.8, 4) is 0 Å². The van der Waals surface area contributed by atoms with Crippen LogP contribution in [-0.2, 0) is 18.4 Å². The van der Waals surface area contributed by atoms with Crippen LogP contribution < -0.4 is 4.90 Å². The molecule has 0 fully saturated rings. The fourth-order valence-electron chi connectivity index (χ4n) is 3.54. The Balaban J connectivity index is 1.75. The second-order valence-corrected chi connectivity index (χ2v) is 9.66. The predicted octanol–water partition coefficient (Wildman–Crippen LogP) is 6.40. The Morgan fingerprint density at radius 2 is 1.77 bits per heavy atom. The van der Waals surface area contributed by atoms with E-state index in [1.165, 1.54) is 11.1 Å². The number of para-hydroxylation sites is 1. The molecule has 5 heteroatoms. The lowest BCUT2D eigenvalue weighted by molar-refractivity contribution is 0.0984. The first-order valence-electron chi connectivity index (χ1n) is 10.6. The van der Waals surface area contributed by atoms with E-state index >= 15 is 0 Å². The summed E-state index contributed by atoms with van der Waals surface area (Å²) in [5, 5.41) is 0.700. The van der Waals surface area contributed by atoms with Crippen LogP contribution in [-0.4, -0.2) is 15.9 Å². The van der Waals surface area contributed by atoms with Crippen LogP contribution in [0.1, 0.15) is 54.9 Å². The zero-order valence-corrected chi connectivity index (χ0v) is 19.2. The molecule has 0 N–H and O–H groups in total. The fourth-order valence-corrected chi connectivity index (χ4v) is 4.55. The minimum absolute atomic E-state index is 0.0405. The van der Waals surface area contributed by atoms with E-state index in [0.717, 1.165) is 22.3 Å². The third kappa shape index (κ3) is 4.52. The molecule has 4 nitrogen and oxygen atoms in total.